The van der Waals surface area contributed by atoms with Crippen LogP contribution in [-0.2, 0) is 0 Å². The lowest BCUT2D eigenvalue weighted by molar-refractivity contribution is 0.0697. The van der Waals surface area contributed by atoms with Gasteiger partial charge in [-0.3, -0.25) is 0 Å². The number of carboxylic acids is 1. The number of aromatic carboxylic acids is 1. The van der Waals surface area contributed by atoms with E-state index in [-0.39, 0.29) is 0 Å². The van der Waals surface area contributed by atoms with Gasteiger partial charge in [0.1, 0.15) is 0 Å². The van der Waals surface area contributed by atoms with Crippen LogP contribution in [0.3, 0.4) is 0 Å². The molecule has 0 atom stereocenters. The number of rotatable bonds is 1. The van der Waals surface area contributed by atoms with E-state index in [1.807, 2.05) is 6.07 Å². The molecule has 3 N–H and O–H groups in total. The summed E-state index contributed by atoms with van der Waals surface area (Å²) >= 11 is 3.53. The summed E-state index contributed by atoms with van der Waals surface area (Å²) in [7, 11) is 0. The molecule has 72 valence electrons. The van der Waals surface area contributed by atoms with Crippen molar-refractivity contribution in [3.8, 4) is 0 Å². The number of carboxylic acid groups (broad SMARTS) is 1. The zero-order chi connectivity index (χ0) is 10.3. The maximum atomic E-state index is 10.8. The van der Waals surface area contributed by atoms with Crippen molar-refractivity contribution < 1.29 is 9.90 Å². The van der Waals surface area contributed by atoms with Gasteiger partial charge in [0.2, 0.25) is 0 Å². The summed E-state index contributed by atoms with van der Waals surface area (Å²) in [5, 5.41) is 10.6. The van der Waals surface area contributed by atoms with Crippen LogP contribution in [0.25, 0.3) is 10.1 Å². The van der Waals surface area contributed by atoms with Crippen molar-refractivity contribution in [2.45, 2.75) is 0 Å². The van der Waals surface area contributed by atoms with Gasteiger partial charge in [-0.05, 0) is 40.8 Å². The Balaban J connectivity index is 2.77. The van der Waals surface area contributed by atoms with Crippen LogP contribution in [0.4, 0.5) is 5.00 Å². The van der Waals surface area contributed by atoms with Crippen molar-refractivity contribution in [1.82, 2.24) is 0 Å². The second kappa shape index (κ2) is 3.39. The number of fused-ring (bicyclic) bond motifs is 1. The smallest absolute Gasteiger partial charge is 0.335 e. The quantitative estimate of drug-likeness (QED) is 0.795. The van der Waals surface area contributed by atoms with E-state index in [0.717, 1.165) is 13.7 Å². The molecule has 0 aliphatic carbocycles. The summed E-state index contributed by atoms with van der Waals surface area (Å²) in [6.07, 6.45) is 0. The van der Waals surface area contributed by atoms with E-state index in [1.165, 1.54) is 11.3 Å². The molecule has 1 heterocycles. The fourth-order valence-electron chi connectivity index (χ4n) is 1.24. The largest absolute Gasteiger partial charge is 0.478 e. The molecular formula is C9H6INO2S. The van der Waals surface area contributed by atoms with Crippen LogP contribution in [0.5, 0.6) is 0 Å². The minimum absolute atomic E-state index is 0.309. The molecule has 0 fully saturated rings. The van der Waals surface area contributed by atoms with Crippen molar-refractivity contribution >= 4 is 55.0 Å². The standard InChI is InChI=1S/C9H6INO2S/c10-6-1-4(9(12)13)2-7-5(6)3-8(11)14-7/h1-3H,11H2,(H,12,13). The van der Waals surface area contributed by atoms with Gasteiger partial charge in [0, 0.05) is 13.7 Å². The van der Waals surface area contributed by atoms with Crippen molar-refractivity contribution in [1.29, 1.82) is 0 Å². The lowest BCUT2D eigenvalue weighted by atomic mass is 10.2. The van der Waals surface area contributed by atoms with Crippen molar-refractivity contribution in [2.24, 2.45) is 0 Å². The van der Waals surface area contributed by atoms with Crippen molar-refractivity contribution in [3.63, 3.8) is 0 Å². The number of anilines is 1. The summed E-state index contributed by atoms with van der Waals surface area (Å²) < 4.78 is 1.84. The Morgan fingerprint density at radius 2 is 2.14 bits per heavy atom. The summed E-state index contributed by atoms with van der Waals surface area (Å²) in [6.45, 7) is 0. The molecule has 14 heavy (non-hydrogen) atoms. The molecule has 1 aromatic heterocycles. The maximum absolute atomic E-state index is 10.8. The van der Waals surface area contributed by atoms with Gasteiger partial charge >= 0.3 is 5.97 Å². The molecule has 5 heteroatoms. The van der Waals surface area contributed by atoms with Crippen LogP contribution in [0, 0.1) is 3.57 Å². The Bertz CT molecular complexity index is 521. The third-order valence-corrected chi connectivity index (χ3v) is 3.66. The highest BCUT2D eigenvalue weighted by Gasteiger charge is 2.09. The monoisotopic (exact) mass is 319 g/mol. The zero-order valence-corrected chi connectivity index (χ0v) is 9.93. The van der Waals surface area contributed by atoms with Crippen LogP contribution in [0.2, 0.25) is 0 Å². The number of nitrogen functional groups attached to an aromatic ring is 1. The summed E-state index contributed by atoms with van der Waals surface area (Å²) in [6, 6.07) is 5.17. The van der Waals surface area contributed by atoms with E-state index < -0.39 is 5.97 Å². The normalized spacial score (nSPS) is 10.6. The Morgan fingerprint density at radius 1 is 1.43 bits per heavy atom. The van der Waals surface area contributed by atoms with Gasteiger partial charge in [-0.2, -0.15) is 0 Å². The molecule has 0 saturated carbocycles. The molecule has 0 unspecified atom stereocenters. The average Bonchev–Trinajstić information content (AvgIpc) is 2.45. The molecule has 0 spiro atoms. The number of nitrogens with two attached hydrogens (primary N) is 1. The molecule has 3 nitrogen and oxygen atoms in total. The van der Waals surface area contributed by atoms with Crippen LogP contribution in [-0.4, -0.2) is 11.1 Å². The minimum atomic E-state index is -0.906. The molecule has 0 amide bonds. The van der Waals surface area contributed by atoms with Crippen molar-refractivity contribution in [2.75, 3.05) is 5.73 Å². The van der Waals surface area contributed by atoms with E-state index in [9.17, 15) is 4.79 Å². The lowest BCUT2D eigenvalue weighted by Crippen LogP contribution is -1.95. The second-order valence-electron chi connectivity index (χ2n) is 2.82. The molecule has 0 radical (unpaired) electrons. The molecular weight excluding hydrogens is 313 g/mol. The first-order chi connectivity index (χ1) is 6.58. The van der Waals surface area contributed by atoms with Gasteiger partial charge in [-0.1, -0.05) is 0 Å². The maximum Gasteiger partial charge on any atom is 0.335 e. The highest BCUT2D eigenvalue weighted by atomic mass is 127. The topological polar surface area (TPSA) is 63.3 Å². The molecule has 0 aliphatic heterocycles. The Labute approximate surface area is 97.7 Å². The van der Waals surface area contributed by atoms with E-state index in [0.29, 0.717) is 10.6 Å². The van der Waals surface area contributed by atoms with E-state index in [4.69, 9.17) is 10.8 Å². The van der Waals surface area contributed by atoms with Crippen LogP contribution in [0.15, 0.2) is 18.2 Å². The van der Waals surface area contributed by atoms with Gasteiger partial charge in [0.25, 0.3) is 0 Å². The fourth-order valence-corrected chi connectivity index (χ4v) is 3.10. The highest BCUT2D eigenvalue weighted by Crippen LogP contribution is 2.31. The number of hydrogen-bond acceptors (Lipinski definition) is 3. The Morgan fingerprint density at radius 3 is 2.79 bits per heavy atom. The first-order valence-electron chi connectivity index (χ1n) is 3.80. The average molecular weight is 319 g/mol. The Kier molecular flexibility index (Phi) is 2.36. The first kappa shape index (κ1) is 9.72. The third-order valence-electron chi connectivity index (χ3n) is 1.85. The molecule has 1 aromatic carbocycles. The van der Waals surface area contributed by atoms with Gasteiger partial charge in [-0.25, -0.2) is 4.79 Å². The molecule has 0 saturated heterocycles. The number of benzene rings is 1. The number of halogens is 1. The molecule has 0 aliphatic rings. The van der Waals surface area contributed by atoms with Gasteiger partial charge in [0.15, 0.2) is 0 Å². The SMILES string of the molecule is Nc1cc2c(I)cc(C(=O)O)cc2s1. The first-order valence-corrected chi connectivity index (χ1v) is 5.69. The summed E-state index contributed by atoms with van der Waals surface area (Å²) in [5.41, 5.74) is 5.96. The zero-order valence-electron chi connectivity index (χ0n) is 6.95. The third kappa shape index (κ3) is 1.57. The summed E-state index contributed by atoms with van der Waals surface area (Å²) in [5.74, 6) is -0.906. The van der Waals surface area contributed by atoms with Crippen molar-refractivity contribution in [3.05, 3.63) is 27.3 Å². The van der Waals surface area contributed by atoms with E-state index in [1.54, 1.807) is 12.1 Å². The molecule has 2 aromatic rings. The molecule has 2 rings (SSSR count). The van der Waals surface area contributed by atoms with Crippen LogP contribution in [0.1, 0.15) is 10.4 Å². The Hall–Kier alpha value is -0.820. The van der Waals surface area contributed by atoms with Gasteiger partial charge < -0.3 is 10.8 Å². The lowest BCUT2D eigenvalue weighted by Gasteiger charge is -1.97. The predicted molar refractivity (Wildman–Crippen MR) is 65.9 cm³/mol. The minimum Gasteiger partial charge on any atom is -0.478 e. The van der Waals surface area contributed by atoms with Crippen LogP contribution >= 0.6 is 33.9 Å². The van der Waals surface area contributed by atoms with Crippen LogP contribution < -0.4 is 5.73 Å². The number of thiophene rings is 1. The highest BCUT2D eigenvalue weighted by molar-refractivity contribution is 14.1. The fraction of sp³-hybridized carbons (Fsp3) is 0. The number of hydrogen-bond donors (Lipinski definition) is 2. The van der Waals surface area contributed by atoms with E-state index >= 15 is 0 Å². The predicted octanol–water partition coefficient (Wildman–Crippen LogP) is 2.79. The van der Waals surface area contributed by atoms with Gasteiger partial charge in [-0.15, -0.1) is 11.3 Å². The summed E-state index contributed by atoms with van der Waals surface area (Å²) in [4.78, 5) is 10.8. The molecule has 0 bridgehead atoms. The number of carbonyl (C=O) groups is 1. The second-order valence-corrected chi connectivity index (χ2v) is 5.10. The van der Waals surface area contributed by atoms with Gasteiger partial charge in [0.05, 0.1) is 10.6 Å². The van der Waals surface area contributed by atoms with E-state index in [2.05, 4.69) is 22.6 Å².